The van der Waals surface area contributed by atoms with E-state index >= 15 is 0 Å². The fraction of sp³-hybridized carbons (Fsp3) is 0.231. The number of amides is 1. The van der Waals surface area contributed by atoms with Crippen LogP contribution in [0.25, 0.3) is 0 Å². The zero-order chi connectivity index (χ0) is 12.7. The van der Waals surface area contributed by atoms with E-state index in [-0.39, 0.29) is 5.91 Å². The highest BCUT2D eigenvalue weighted by atomic mass is 16.2. The van der Waals surface area contributed by atoms with E-state index in [1.807, 2.05) is 18.2 Å². The second-order valence-corrected chi connectivity index (χ2v) is 4.43. The molecule has 5 nitrogen and oxygen atoms in total. The molecule has 0 aliphatic carbocycles. The lowest BCUT2D eigenvalue weighted by Gasteiger charge is -2.17. The van der Waals surface area contributed by atoms with Crippen LogP contribution in [-0.4, -0.2) is 22.2 Å². The van der Waals surface area contributed by atoms with Crippen molar-refractivity contribution in [1.82, 2.24) is 9.78 Å². The number of carbonyl (C=O) groups excluding carboxylic acids is 1. The van der Waals surface area contributed by atoms with Gasteiger partial charge in [-0.25, -0.2) is 0 Å². The normalized spacial score (nSPS) is 13.7. The number of anilines is 2. The summed E-state index contributed by atoms with van der Waals surface area (Å²) in [7, 11) is 1.77. The summed E-state index contributed by atoms with van der Waals surface area (Å²) >= 11 is 0. The van der Waals surface area contributed by atoms with E-state index in [9.17, 15) is 4.79 Å². The van der Waals surface area contributed by atoms with Crippen LogP contribution in [0.5, 0.6) is 0 Å². The first kappa shape index (κ1) is 10.8. The van der Waals surface area contributed by atoms with E-state index in [0.29, 0.717) is 12.2 Å². The third kappa shape index (κ3) is 1.55. The van der Waals surface area contributed by atoms with E-state index in [0.717, 1.165) is 23.4 Å². The first-order valence-electron chi connectivity index (χ1n) is 5.85. The van der Waals surface area contributed by atoms with Crippen molar-refractivity contribution in [2.24, 2.45) is 7.05 Å². The quantitative estimate of drug-likeness (QED) is 0.764. The molecule has 1 amide bonds. The molecule has 0 radical (unpaired) electrons. The number of rotatable bonds is 1. The van der Waals surface area contributed by atoms with Crippen LogP contribution in [0.15, 0.2) is 30.5 Å². The van der Waals surface area contributed by atoms with Crippen molar-refractivity contribution in [1.29, 1.82) is 0 Å². The Hall–Kier alpha value is -2.30. The van der Waals surface area contributed by atoms with Crippen molar-refractivity contribution in [3.63, 3.8) is 0 Å². The molecule has 18 heavy (non-hydrogen) atoms. The summed E-state index contributed by atoms with van der Waals surface area (Å²) in [6, 6.07) is 7.41. The van der Waals surface area contributed by atoms with Gasteiger partial charge in [0.25, 0.3) is 5.91 Å². The van der Waals surface area contributed by atoms with Crippen molar-refractivity contribution >= 4 is 17.3 Å². The molecule has 92 valence electrons. The molecule has 0 saturated heterocycles. The molecule has 1 aliphatic heterocycles. The third-order valence-electron chi connectivity index (χ3n) is 3.28. The highest BCUT2D eigenvalue weighted by Crippen LogP contribution is 2.30. The molecule has 0 saturated carbocycles. The zero-order valence-corrected chi connectivity index (χ0v) is 10.1. The van der Waals surface area contributed by atoms with Gasteiger partial charge in [-0.15, -0.1) is 0 Å². The first-order valence-corrected chi connectivity index (χ1v) is 5.85. The fourth-order valence-electron chi connectivity index (χ4n) is 2.35. The molecule has 2 N–H and O–H groups in total. The smallest absolute Gasteiger partial charge is 0.276 e. The Morgan fingerprint density at radius 1 is 1.39 bits per heavy atom. The third-order valence-corrected chi connectivity index (χ3v) is 3.28. The molecule has 1 aliphatic rings. The van der Waals surface area contributed by atoms with Crippen LogP contribution >= 0.6 is 0 Å². The molecule has 0 fully saturated rings. The second-order valence-electron chi connectivity index (χ2n) is 4.43. The topological polar surface area (TPSA) is 64.2 Å². The Balaban J connectivity index is 1.98. The SMILES string of the molecule is Cn1nccc1C(=O)N1CCc2cc(N)ccc21. The summed E-state index contributed by atoms with van der Waals surface area (Å²) in [6.07, 6.45) is 2.48. The molecule has 0 spiro atoms. The zero-order valence-electron chi connectivity index (χ0n) is 10.1. The van der Waals surface area contributed by atoms with Gasteiger partial charge in [0.1, 0.15) is 5.69 Å². The average Bonchev–Trinajstić information content (AvgIpc) is 2.94. The summed E-state index contributed by atoms with van der Waals surface area (Å²) in [6.45, 7) is 0.697. The van der Waals surface area contributed by atoms with Gasteiger partial charge in [0.15, 0.2) is 0 Å². The number of hydrogen-bond acceptors (Lipinski definition) is 3. The Kier molecular flexibility index (Phi) is 2.33. The molecule has 3 rings (SSSR count). The standard InChI is InChI=1S/C13H14N4O/c1-16-12(4-6-15-16)13(18)17-7-5-9-8-10(14)2-3-11(9)17/h2-4,6,8H,5,7,14H2,1H3. The highest BCUT2D eigenvalue weighted by Gasteiger charge is 2.26. The van der Waals surface area contributed by atoms with Crippen molar-refractivity contribution in [2.75, 3.05) is 17.2 Å². The van der Waals surface area contributed by atoms with Gasteiger partial charge >= 0.3 is 0 Å². The van der Waals surface area contributed by atoms with E-state index in [4.69, 9.17) is 5.73 Å². The number of aromatic nitrogens is 2. The highest BCUT2D eigenvalue weighted by molar-refractivity contribution is 6.06. The summed E-state index contributed by atoms with van der Waals surface area (Å²) in [5.41, 5.74) is 9.17. The maximum atomic E-state index is 12.4. The summed E-state index contributed by atoms with van der Waals surface area (Å²) in [4.78, 5) is 14.2. The van der Waals surface area contributed by atoms with Gasteiger partial charge in [-0.1, -0.05) is 0 Å². The van der Waals surface area contributed by atoms with Crippen LogP contribution in [0.1, 0.15) is 16.1 Å². The Labute approximate surface area is 105 Å². The van der Waals surface area contributed by atoms with Gasteiger partial charge in [-0.3, -0.25) is 9.48 Å². The van der Waals surface area contributed by atoms with Crippen LogP contribution in [0.4, 0.5) is 11.4 Å². The van der Waals surface area contributed by atoms with Gasteiger partial charge in [0.2, 0.25) is 0 Å². The number of benzene rings is 1. The van der Waals surface area contributed by atoms with Gasteiger partial charge in [0, 0.05) is 31.2 Å². The summed E-state index contributed by atoms with van der Waals surface area (Å²) < 4.78 is 1.59. The number of aryl methyl sites for hydroxylation is 1. The fourth-order valence-corrected chi connectivity index (χ4v) is 2.35. The minimum Gasteiger partial charge on any atom is -0.399 e. The maximum absolute atomic E-state index is 12.4. The first-order chi connectivity index (χ1) is 8.66. The average molecular weight is 242 g/mol. The monoisotopic (exact) mass is 242 g/mol. The van der Waals surface area contributed by atoms with Crippen molar-refractivity contribution in [2.45, 2.75) is 6.42 Å². The van der Waals surface area contributed by atoms with Crippen LogP contribution < -0.4 is 10.6 Å². The second kappa shape index (κ2) is 3.87. The molecule has 1 aromatic carbocycles. The lowest BCUT2D eigenvalue weighted by Crippen LogP contribution is -2.30. The molecule has 2 heterocycles. The van der Waals surface area contributed by atoms with Crippen LogP contribution in [0, 0.1) is 0 Å². The molecule has 1 aromatic heterocycles. The van der Waals surface area contributed by atoms with Gasteiger partial charge in [-0.2, -0.15) is 5.10 Å². The van der Waals surface area contributed by atoms with Crippen molar-refractivity contribution < 1.29 is 4.79 Å². The van der Waals surface area contributed by atoms with E-state index in [1.54, 1.807) is 28.9 Å². The van der Waals surface area contributed by atoms with Crippen LogP contribution in [0.2, 0.25) is 0 Å². The van der Waals surface area contributed by atoms with Gasteiger partial charge in [-0.05, 0) is 36.2 Å². The molecule has 0 unspecified atom stereocenters. The van der Waals surface area contributed by atoms with Crippen molar-refractivity contribution in [3.05, 3.63) is 41.7 Å². The summed E-state index contributed by atoms with van der Waals surface area (Å²) in [5, 5.41) is 4.03. The van der Waals surface area contributed by atoms with Gasteiger partial charge < -0.3 is 10.6 Å². The molecule has 5 heteroatoms. The minimum atomic E-state index is -0.0153. The number of nitrogens with two attached hydrogens (primary N) is 1. The van der Waals surface area contributed by atoms with Gasteiger partial charge in [0.05, 0.1) is 0 Å². The lowest BCUT2D eigenvalue weighted by atomic mass is 10.1. The largest absolute Gasteiger partial charge is 0.399 e. The Morgan fingerprint density at radius 2 is 2.22 bits per heavy atom. The van der Waals surface area contributed by atoms with E-state index in [2.05, 4.69) is 5.10 Å². The number of nitrogens with zero attached hydrogens (tertiary/aromatic N) is 3. The van der Waals surface area contributed by atoms with Crippen molar-refractivity contribution in [3.8, 4) is 0 Å². The molecule has 0 atom stereocenters. The van der Waals surface area contributed by atoms with Crippen LogP contribution in [-0.2, 0) is 13.5 Å². The number of nitrogen functional groups attached to an aromatic ring is 1. The van der Waals surface area contributed by atoms with Crippen LogP contribution in [0.3, 0.4) is 0 Å². The number of hydrogen-bond donors (Lipinski definition) is 1. The van der Waals surface area contributed by atoms with E-state index < -0.39 is 0 Å². The lowest BCUT2D eigenvalue weighted by molar-refractivity contribution is 0.0980. The molecule has 0 bridgehead atoms. The number of fused-ring (bicyclic) bond motifs is 1. The summed E-state index contributed by atoms with van der Waals surface area (Å²) in [5.74, 6) is -0.0153. The predicted molar refractivity (Wildman–Crippen MR) is 69.4 cm³/mol. The molecular weight excluding hydrogens is 228 g/mol. The Morgan fingerprint density at radius 3 is 2.94 bits per heavy atom. The molecular formula is C13H14N4O. The number of carbonyl (C=O) groups is 1. The molecule has 2 aromatic rings. The maximum Gasteiger partial charge on any atom is 0.276 e. The van der Waals surface area contributed by atoms with E-state index in [1.165, 1.54) is 0 Å². The minimum absolute atomic E-state index is 0.0153. The predicted octanol–water partition coefficient (Wildman–Crippen LogP) is 1.21. The Bertz CT molecular complexity index is 617.